The lowest BCUT2D eigenvalue weighted by atomic mass is 10.0. The van der Waals surface area contributed by atoms with Gasteiger partial charge in [-0.25, -0.2) is 0 Å². The van der Waals surface area contributed by atoms with E-state index in [4.69, 9.17) is 0 Å². The Morgan fingerprint density at radius 2 is 2.15 bits per heavy atom. The van der Waals surface area contributed by atoms with Gasteiger partial charge in [0.1, 0.15) is 0 Å². The average molecular weight is 366 g/mol. The van der Waals surface area contributed by atoms with E-state index in [0.717, 1.165) is 13.0 Å². The van der Waals surface area contributed by atoms with E-state index in [1.165, 1.54) is 25.7 Å². The molecule has 3 aromatic rings. The molecule has 0 bridgehead atoms. The summed E-state index contributed by atoms with van der Waals surface area (Å²) in [5.74, 6) is 0. The minimum Gasteiger partial charge on any atom is -0.306 e. The first kappa shape index (κ1) is 14.3. The van der Waals surface area contributed by atoms with E-state index in [-0.39, 0.29) is 0 Å². The first-order valence-electron chi connectivity index (χ1n) is 6.72. The molecule has 0 aliphatic carbocycles. The summed E-state index contributed by atoms with van der Waals surface area (Å²) in [7, 11) is 0. The predicted molar refractivity (Wildman–Crippen MR) is 94.0 cm³/mol. The lowest BCUT2D eigenvalue weighted by molar-refractivity contribution is 0.604. The molecule has 0 spiro atoms. The van der Waals surface area contributed by atoms with Gasteiger partial charge in [-0.1, -0.05) is 19.1 Å². The van der Waals surface area contributed by atoms with Gasteiger partial charge in [0, 0.05) is 9.17 Å². The maximum atomic E-state index is 3.68. The zero-order valence-electron chi connectivity index (χ0n) is 11.2. The van der Waals surface area contributed by atoms with Gasteiger partial charge in [0.05, 0.1) is 6.04 Å². The van der Waals surface area contributed by atoms with Crippen LogP contribution in [-0.2, 0) is 0 Å². The van der Waals surface area contributed by atoms with Crippen LogP contribution in [-0.4, -0.2) is 6.54 Å². The highest BCUT2D eigenvalue weighted by Gasteiger charge is 2.18. The third kappa shape index (κ3) is 2.70. The van der Waals surface area contributed by atoms with Crippen molar-refractivity contribution in [3.63, 3.8) is 0 Å². The minimum atomic E-state index is 0.296. The van der Waals surface area contributed by atoms with E-state index < -0.39 is 0 Å². The predicted octanol–water partition coefficient (Wildman–Crippen LogP) is 5.81. The van der Waals surface area contributed by atoms with Crippen LogP contribution in [0, 0.1) is 0 Å². The summed E-state index contributed by atoms with van der Waals surface area (Å²) in [5, 5.41) is 11.7. The maximum absolute atomic E-state index is 3.68. The molecule has 0 amide bonds. The molecular weight excluding hydrogens is 350 g/mol. The van der Waals surface area contributed by atoms with Gasteiger partial charge in [-0.15, -0.1) is 11.3 Å². The van der Waals surface area contributed by atoms with Crippen LogP contribution in [0.25, 0.3) is 10.1 Å². The average Bonchev–Trinajstić information content (AvgIpc) is 3.10. The van der Waals surface area contributed by atoms with E-state index in [2.05, 4.69) is 68.6 Å². The zero-order valence-corrected chi connectivity index (χ0v) is 14.4. The van der Waals surface area contributed by atoms with Crippen LogP contribution in [0.2, 0.25) is 0 Å². The summed E-state index contributed by atoms with van der Waals surface area (Å²) in [5.41, 5.74) is 2.75. The second kappa shape index (κ2) is 6.39. The fraction of sp³-hybridized carbons (Fsp3) is 0.250. The molecule has 2 heterocycles. The summed E-state index contributed by atoms with van der Waals surface area (Å²) < 4.78 is 2.52. The summed E-state index contributed by atoms with van der Waals surface area (Å²) in [6.07, 6.45) is 1.15. The Bertz CT molecular complexity index is 688. The third-order valence-corrected chi connectivity index (χ3v) is 6.04. The molecule has 1 N–H and O–H groups in total. The monoisotopic (exact) mass is 365 g/mol. The van der Waals surface area contributed by atoms with Crippen molar-refractivity contribution in [2.24, 2.45) is 0 Å². The molecule has 1 atom stereocenters. The summed E-state index contributed by atoms with van der Waals surface area (Å²) in [6.45, 7) is 3.24. The molecule has 104 valence electrons. The fourth-order valence-corrected chi connectivity index (χ4v) is 4.73. The first-order chi connectivity index (χ1) is 9.81. The summed E-state index contributed by atoms with van der Waals surface area (Å²) in [6, 6.07) is 8.97. The van der Waals surface area contributed by atoms with Crippen molar-refractivity contribution < 1.29 is 0 Å². The van der Waals surface area contributed by atoms with Crippen LogP contribution in [0.15, 0.2) is 44.9 Å². The van der Waals surface area contributed by atoms with Gasteiger partial charge in [-0.3, -0.25) is 0 Å². The van der Waals surface area contributed by atoms with Crippen molar-refractivity contribution in [2.75, 3.05) is 6.54 Å². The van der Waals surface area contributed by atoms with Crippen molar-refractivity contribution >= 4 is 48.7 Å². The van der Waals surface area contributed by atoms with Crippen molar-refractivity contribution in [2.45, 2.75) is 19.4 Å². The zero-order chi connectivity index (χ0) is 13.9. The molecule has 3 rings (SSSR count). The second-order valence-corrected chi connectivity index (χ2v) is 7.27. The van der Waals surface area contributed by atoms with E-state index in [1.807, 2.05) is 11.3 Å². The lowest BCUT2D eigenvalue weighted by Crippen LogP contribution is -2.22. The maximum Gasteiger partial charge on any atom is 0.0599 e. The molecule has 4 heteroatoms. The normalized spacial score (nSPS) is 12.9. The van der Waals surface area contributed by atoms with Gasteiger partial charge in [0.25, 0.3) is 0 Å². The first-order valence-corrected chi connectivity index (χ1v) is 9.34. The van der Waals surface area contributed by atoms with E-state index in [1.54, 1.807) is 11.3 Å². The highest BCUT2D eigenvalue weighted by molar-refractivity contribution is 9.10. The number of benzene rings is 1. The van der Waals surface area contributed by atoms with Gasteiger partial charge in [-0.2, -0.15) is 11.3 Å². The number of thiophene rings is 2. The third-order valence-electron chi connectivity index (χ3n) is 3.37. The quantitative estimate of drug-likeness (QED) is 0.600. The number of hydrogen-bond donors (Lipinski definition) is 1. The number of rotatable bonds is 5. The SMILES string of the molecule is CCCNC(c1ccsc1)c1csc2c(Br)cccc12. The number of halogens is 1. The van der Waals surface area contributed by atoms with Crippen molar-refractivity contribution in [3.05, 3.63) is 56.0 Å². The van der Waals surface area contributed by atoms with Crippen LogP contribution in [0.1, 0.15) is 30.5 Å². The molecule has 1 aromatic carbocycles. The molecule has 0 aliphatic heterocycles. The standard InChI is InChI=1S/C16H16BrNS2/c1-2-7-18-15(11-6-8-19-9-11)13-10-20-16-12(13)4-3-5-14(16)17/h3-6,8-10,15,18H,2,7H2,1H3. The number of fused-ring (bicyclic) bond motifs is 1. The summed E-state index contributed by atoms with van der Waals surface area (Å²) in [4.78, 5) is 0. The van der Waals surface area contributed by atoms with Gasteiger partial charge in [0.15, 0.2) is 0 Å². The van der Waals surface area contributed by atoms with Gasteiger partial charge < -0.3 is 5.32 Å². The molecule has 0 fully saturated rings. The highest BCUT2D eigenvalue weighted by Crippen LogP contribution is 2.37. The Hall–Kier alpha value is -0.680. The van der Waals surface area contributed by atoms with Gasteiger partial charge in [-0.05, 0) is 73.7 Å². The van der Waals surface area contributed by atoms with Crippen molar-refractivity contribution in [1.82, 2.24) is 5.32 Å². The van der Waals surface area contributed by atoms with Crippen LogP contribution in [0.3, 0.4) is 0 Å². The van der Waals surface area contributed by atoms with Crippen molar-refractivity contribution in [3.8, 4) is 0 Å². The molecule has 0 saturated heterocycles. The Morgan fingerprint density at radius 1 is 1.25 bits per heavy atom. The molecular formula is C16H16BrNS2. The highest BCUT2D eigenvalue weighted by atomic mass is 79.9. The van der Waals surface area contributed by atoms with Crippen LogP contribution >= 0.6 is 38.6 Å². The van der Waals surface area contributed by atoms with Crippen LogP contribution in [0.5, 0.6) is 0 Å². The Morgan fingerprint density at radius 3 is 2.90 bits per heavy atom. The Balaban J connectivity index is 2.07. The van der Waals surface area contributed by atoms with Crippen LogP contribution < -0.4 is 5.32 Å². The molecule has 0 aliphatic rings. The topological polar surface area (TPSA) is 12.0 Å². The molecule has 1 nitrogen and oxygen atoms in total. The van der Waals surface area contributed by atoms with Gasteiger partial charge in [0.2, 0.25) is 0 Å². The smallest absolute Gasteiger partial charge is 0.0599 e. The molecule has 0 radical (unpaired) electrons. The lowest BCUT2D eigenvalue weighted by Gasteiger charge is -2.17. The molecule has 20 heavy (non-hydrogen) atoms. The second-order valence-electron chi connectivity index (χ2n) is 4.75. The molecule has 2 aromatic heterocycles. The van der Waals surface area contributed by atoms with Crippen LogP contribution in [0.4, 0.5) is 0 Å². The Kier molecular flexibility index (Phi) is 4.56. The fourth-order valence-electron chi connectivity index (χ4n) is 2.40. The van der Waals surface area contributed by atoms with E-state index in [9.17, 15) is 0 Å². The largest absolute Gasteiger partial charge is 0.306 e. The number of hydrogen-bond acceptors (Lipinski definition) is 3. The minimum absolute atomic E-state index is 0.296. The molecule has 1 unspecified atom stereocenters. The Labute approximate surface area is 135 Å². The number of nitrogens with one attached hydrogen (secondary N) is 1. The van der Waals surface area contributed by atoms with Gasteiger partial charge >= 0.3 is 0 Å². The molecule has 0 saturated carbocycles. The summed E-state index contributed by atoms with van der Waals surface area (Å²) >= 11 is 7.23. The van der Waals surface area contributed by atoms with Crippen molar-refractivity contribution in [1.29, 1.82) is 0 Å². The van der Waals surface area contributed by atoms with E-state index >= 15 is 0 Å². The van der Waals surface area contributed by atoms with E-state index in [0.29, 0.717) is 6.04 Å².